The molecule has 0 radical (unpaired) electrons. The smallest absolute Gasteiger partial charge is 0.244 e. The lowest BCUT2D eigenvalue weighted by molar-refractivity contribution is -0.124. The molecule has 1 heterocycles. The van der Waals surface area contributed by atoms with Crippen molar-refractivity contribution in [3.63, 3.8) is 0 Å². The van der Waals surface area contributed by atoms with Crippen LogP contribution in [0.5, 0.6) is 0 Å². The van der Waals surface area contributed by atoms with Gasteiger partial charge in [0.2, 0.25) is 5.91 Å². The average molecular weight is 271 g/mol. The van der Waals surface area contributed by atoms with Crippen LogP contribution >= 0.6 is 0 Å². The van der Waals surface area contributed by atoms with Crippen molar-refractivity contribution in [3.05, 3.63) is 54.4 Å². The minimum absolute atomic E-state index is 0.0217. The van der Waals surface area contributed by atoms with Gasteiger partial charge in [-0.15, -0.1) is 0 Å². The highest BCUT2D eigenvalue weighted by Crippen LogP contribution is 2.05. The molecule has 0 aliphatic carbocycles. The van der Waals surface area contributed by atoms with Gasteiger partial charge in [-0.2, -0.15) is 5.10 Å². The first-order valence-electron chi connectivity index (χ1n) is 7.08. The lowest BCUT2D eigenvalue weighted by Crippen LogP contribution is -2.31. The Kier molecular flexibility index (Phi) is 5.35. The second-order valence-corrected chi connectivity index (χ2v) is 4.90. The highest BCUT2D eigenvalue weighted by atomic mass is 16.2. The molecule has 20 heavy (non-hydrogen) atoms. The standard InChI is InChI=1S/C16H21N3O/c1-14(19-13-7-12-18-19)16(20)17-11-6-5-10-15-8-3-2-4-9-15/h2-4,7-9,12-14H,5-6,10-11H2,1H3,(H,17,20). The summed E-state index contributed by atoms with van der Waals surface area (Å²) < 4.78 is 1.67. The lowest BCUT2D eigenvalue weighted by atomic mass is 10.1. The van der Waals surface area contributed by atoms with E-state index >= 15 is 0 Å². The van der Waals surface area contributed by atoms with Gasteiger partial charge >= 0.3 is 0 Å². The molecule has 0 aliphatic rings. The fourth-order valence-corrected chi connectivity index (χ4v) is 2.09. The van der Waals surface area contributed by atoms with Crippen molar-refractivity contribution in [2.75, 3.05) is 6.54 Å². The lowest BCUT2D eigenvalue weighted by Gasteiger charge is -2.12. The van der Waals surface area contributed by atoms with Crippen LogP contribution in [0.2, 0.25) is 0 Å². The Morgan fingerprint density at radius 2 is 2.05 bits per heavy atom. The number of aryl methyl sites for hydroxylation is 1. The van der Waals surface area contributed by atoms with Crippen LogP contribution in [-0.4, -0.2) is 22.2 Å². The molecule has 2 aromatic rings. The molecule has 1 atom stereocenters. The Balaban J connectivity index is 1.62. The Bertz CT molecular complexity index is 508. The largest absolute Gasteiger partial charge is 0.354 e. The van der Waals surface area contributed by atoms with Gasteiger partial charge in [0.25, 0.3) is 0 Å². The summed E-state index contributed by atoms with van der Waals surface area (Å²) in [6.07, 6.45) is 6.63. The van der Waals surface area contributed by atoms with Gasteiger partial charge in [0.1, 0.15) is 6.04 Å². The maximum atomic E-state index is 11.9. The van der Waals surface area contributed by atoms with Crippen molar-refractivity contribution >= 4 is 5.91 Å². The van der Waals surface area contributed by atoms with Gasteiger partial charge in [0.15, 0.2) is 0 Å². The molecule has 0 saturated carbocycles. The molecule has 106 valence electrons. The summed E-state index contributed by atoms with van der Waals surface area (Å²) in [4.78, 5) is 11.9. The van der Waals surface area contributed by atoms with Crippen LogP contribution in [0.4, 0.5) is 0 Å². The van der Waals surface area contributed by atoms with Gasteiger partial charge in [0.05, 0.1) is 0 Å². The molecule has 1 N–H and O–H groups in total. The van der Waals surface area contributed by atoms with E-state index in [-0.39, 0.29) is 11.9 Å². The van der Waals surface area contributed by atoms with E-state index in [1.54, 1.807) is 17.1 Å². The summed E-state index contributed by atoms with van der Waals surface area (Å²) in [5.74, 6) is 0.0217. The minimum atomic E-state index is -0.251. The highest BCUT2D eigenvalue weighted by Gasteiger charge is 2.13. The molecule has 1 aromatic carbocycles. The van der Waals surface area contributed by atoms with Crippen LogP contribution in [0.1, 0.15) is 31.4 Å². The molecule has 0 spiro atoms. The predicted octanol–water partition coefficient (Wildman–Crippen LogP) is 2.58. The Hall–Kier alpha value is -2.10. The molecular formula is C16H21N3O. The summed E-state index contributed by atoms with van der Waals surface area (Å²) in [5.41, 5.74) is 1.35. The first-order valence-corrected chi connectivity index (χ1v) is 7.08. The molecule has 1 amide bonds. The number of amides is 1. The van der Waals surface area contributed by atoms with Crippen LogP contribution in [0.25, 0.3) is 0 Å². The number of aromatic nitrogens is 2. The predicted molar refractivity (Wildman–Crippen MR) is 79.3 cm³/mol. The highest BCUT2D eigenvalue weighted by molar-refractivity contribution is 5.79. The third kappa shape index (κ3) is 4.23. The number of hydrogen-bond donors (Lipinski definition) is 1. The van der Waals surface area contributed by atoms with Crippen molar-refractivity contribution in [2.24, 2.45) is 0 Å². The van der Waals surface area contributed by atoms with Crippen molar-refractivity contribution in [1.82, 2.24) is 15.1 Å². The molecule has 4 heteroatoms. The topological polar surface area (TPSA) is 46.9 Å². The van der Waals surface area contributed by atoms with E-state index in [0.29, 0.717) is 0 Å². The maximum absolute atomic E-state index is 11.9. The fourth-order valence-electron chi connectivity index (χ4n) is 2.09. The molecule has 1 aromatic heterocycles. The van der Waals surface area contributed by atoms with Crippen molar-refractivity contribution < 1.29 is 4.79 Å². The van der Waals surface area contributed by atoms with Crippen molar-refractivity contribution in [1.29, 1.82) is 0 Å². The first-order chi connectivity index (χ1) is 9.77. The summed E-state index contributed by atoms with van der Waals surface area (Å²) >= 11 is 0. The molecular weight excluding hydrogens is 250 g/mol. The van der Waals surface area contributed by atoms with Crippen LogP contribution in [-0.2, 0) is 11.2 Å². The van der Waals surface area contributed by atoms with Gasteiger partial charge in [0, 0.05) is 18.9 Å². The number of carbonyl (C=O) groups is 1. The van der Waals surface area contributed by atoms with E-state index in [1.165, 1.54) is 5.56 Å². The van der Waals surface area contributed by atoms with E-state index < -0.39 is 0 Å². The normalized spacial score (nSPS) is 12.1. The Labute approximate surface area is 119 Å². The first kappa shape index (κ1) is 14.3. The third-order valence-corrected chi connectivity index (χ3v) is 3.34. The number of carbonyl (C=O) groups excluding carboxylic acids is 1. The van der Waals surface area contributed by atoms with Crippen LogP contribution in [0, 0.1) is 0 Å². The van der Waals surface area contributed by atoms with Gasteiger partial charge in [-0.05, 0) is 37.8 Å². The summed E-state index contributed by atoms with van der Waals surface area (Å²) in [5, 5.41) is 7.03. The second kappa shape index (κ2) is 7.48. The Morgan fingerprint density at radius 1 is 1.25 bits per heavy atom. The SMILES string of the molecule is CC(C(=O)NCCCCc1ccccc1)n1cccn1. The molecule has 0 aliphatic heterocycles. The quantitative estimate of drug-likeness (QED) is 0.787. The monoisotopic (exact) mass is 271 g/mol. The van der Waals surface area contributed by atoms with Crippen LogP contribution in [0.15, 0.2) is 48.8 Å². The molecule has 2 rings (SSSR count). The number of unbranched alkanes of at least 4 members (excludes halogenated alkanes) is 1. The summed E-state index contributed by atoms with van der Waals surface area (Å²) in [6, 6.07) is 12.0. The van der Waals surface area contributed by atoms with E-state index in [9.17, 15) is 4.79 Å². The van der Waals surface area contributed by atoms with Crippen molar-refractivity contribution in [3.8, 4) is 0 Å². The van der Waals surface area contributed by atoms with Gasteiger partial charge in [-0.25, -0.2) is 0 Å². The average Bonchev–Trinajstić information content (AvgIpc) is 3.01. The maximum Gasteiger partial charge on any atom is 0.244 e. The van der Waals surface area contributed by atoms with Crippen LogP contribution < -0.4 is 5.32 Å². The van der Waals surface area contributed by atoms with Gasteiger partial charge in [-0.1, -0.05) is 30.3 Å². The molecule has 4 nitrogen and oxygen atoms in total. The van der Waals surface area contributed by atoms with E-state index in [1.807, 2.05) is 19.1 Å². The van der Waals surface area contributed by atoms with Crippen molar-refractivity contribution in [2.45, 2.75) is 32.2 Å². The second-order valence-electron chi connectivity index (χ2n) is 4.90. The number of rotatable bonds is 7. The number of hydrogen-bond acceptors (Lipinski definition) is 2. The zero-order valence-electron chi connectivity index (χ0n) is 11.8. The number of benzene rings is 1. The van der Waals surface area contributed by atoms with E-state index in [2.05, 4.69) is 34.7 Å². The molecule has 1 unspecified atom stereocenters. The zero-order valence-corrected chi connectivity index (χ0v) is 11.8. The summed E-state index contributed by atoms with van der Waals surface area (Å²) in [7, 11) is 0. The number of nitrogens with one attached hydrogen (secondary N) is 1. The van der Waals surface area contributed by atoms with Gasteiger partial charge in [-0.3, -0.25) is 9.48 Å². The Morgan fingerprint density at radius 3 is 2.75 bits per heavy atom. The molecule has 0 saturated heterocycles. The van der Waals surface area contributed by atoms with E-state index in [0.717, 1.165) is 25.8 Å². The fraction of sp³-hybridized carbons (Fsp3) is 0.375. The zero-order chi connectivity index (χ0) is 14.2. The van der Waals surface area contributed by atoms with E-state index in [4.69, 9.17) is 0 Å². The van der Waals surface area contributed by atoms with Crippen LogP contribution in [0.3, 0.4) is 0 Å². The number of nitrogens with zero attached hydrogens (tertiary/aromatic N) is 2. The van der Waals surface area contributed by atoms with Gasteiger partial charge < -0.3 is 5.32 Å². The summed E-state index contributed by atoms with van der Waals surface area (Å²) in [6.45, 7) is 2.57. The molecule has 0 bridgehead atoms. The molecule has 0 fully saturated rings. The minimum Gasteiger partial charge on any atom is -0.354 e. The third-order valence-electron chi connectivity index (χ3n) is 3.34.